The van der Waals surface area contributed by atoms with Crippen LogP contribution in [0.4, 0.5) is 0 Å². The van der Waals surface area contributed by atoms with Crippen LogP contribution in [0.5, 0.6) is 5.75 Å². The first kappa shape index (κ1) is 11.7. The Balaban J connectivity index is 2.97. The van der Waals surface area contributed by atoms with Crippen LogP contribution in [0.3, 0.4) is 0 Å². The summed E-state index contributed by atoms with van der Waals surface area (Å²) in [6, 6.07) is 7.52. The molecule has 1 aromatic carbocycles. The number of benzene rings is 1. The lowest BCUT2D eigenvalue weighted by atomic mass is 9.81. The van der Waals surface area contributed by atoms with E-state index in [9.17, 15) is 4.79 Å². The lowest BCUT2D eigenvalue weighted by molar-refractivity contribution is -0.112. The predicted molar refractivity (Wildman–Crippen MR) is 60.1 cm³/mol. The Morgan fingerprint density at radius 3 is 2.40 bits per heavy atom. The fourth-order valence-electron chi connectivity index (χ4n) is 1.54. The summed E-state index contributed by atoms with van der Waals surface area (Å²) in [6.45, 7) is 2.40. The Labute approximate surface area is 90.2 Å². The summed E-state index contributed by atoms with van der Waals surface area (Å²) in [5.74, 6) is 0.791. The van der Waals surface area contributed by atoms with Crippen LogP contribution in [0, 0.1) is 0 Å². The minimum atomic E-state index is -0.485. The van der Waals surface area contributed by atoms with Gasteiger partial charge in [-0.1, -0.05) is 12.1 Å². The Morgan fingerprint density at radius 1 is 1.40 bits per heavy atom. The molecule has 1 aromatic rings. The molecule has 0 aromatic heterocycles. The molecule has 1 unspecified atom stereocenters. The Bertz CT molecular complexity index is 321. The first-order valence-corrected chi connectivity index (χ1v) is 4.97. The summed E-state index contributed by atoms with van der Waals surface area (Å²) in [5, 5.41) is 0. The van der Waals surface area contributed by atoms with Gasteiger partial charge in [0.05, 0.1) is 7.11 Å². The van der Waals surface area contributed by atoms with Gasteiger partial charge in [0.25, 0.3) is 0 Å². The van der Waals surface area contributed by atoms with Gasteiger partial charge >= 0.3 is 0 Å². The molecule has 1 rings (SSSR count). The van der Waals surface area contributed by atoms with E-state index < -0.39 is 5.41 Å². The average Bonchev–Trinajstić information content (AvgIpc) is 2.29. The van der Waals surface area contributed by atoms with Crippen LogP contribution in [0.15, 0.2) is 24.3 Å². The van der Waals surface area contributed by atoms with Gasteiger partial charge in [-0.05, 0) is 37.6 Å². The van der Waals surface area contributed by atoms with Gasteiger partial charge in [-0.3, -0.25) is 0 Å². The van der Waals surface area contributed by atoms with Crippen molar-refractivity contribution in [3.05, 3.63) is 29.8 Å². The number of hydrogen-bond donors (Lipinski definition) is 1. The molecule has 0 bridgehead atoms. The van der Waals surface area contributed by atoms with E-state index in [-0.39, 0.29) is 0 Å². The molecule has 3 nitrogen and oxygen atoms in total. The number of methoxy groups -OCH3 is 1. The van der Waals surface area contributed by atoms with Gasteiger partial charge in [-0.15, -0.1) is 0 Å². The van der Waals surface area contributed by atoms with Crippen molar-refractivity contribution in [1.29, 1.82) is 0 Å². The van der Waals surface area contributed by atoms with Crippen LogP contribution in [0.2, 0.25) is 0 Å². The molecule has 15 heavy (non-hydrogen) atoms. The third kappa shape index (κ3) is 2.57. The Hall–Kier alpha value is -1.35. The minimum Gasteiger partial charge on any atom is -0.497 e. The fourth-order valence-corrected chi connectivity index (χ4v) is 1.54. The van der Waals surface area contributed by atoms with Crippen LogP contribution in [-0.4, -0.2) is 19.9 Å². The highest BCUT2D eigenvalue weighted by atomic mass is 16.5. The molecule has 0 radical (unpaired) electrons. The first-order chi connectivity index (χ1) is 7.16. The maximum Gasteiger partial charge on any atom is 0.130 e. The maximum absolute atomic E-state index is 11.1. The van der Waals surface area contributed by atoms with Crippen LogP contribution < -0.4 is 10.5 Å². The molecule has 0 saturated carbocycles. The number of nitrogens with two attached hydrogens (primary N) is 1. The lowest BCUT2D eigenvalue weighted by Crippen LogP contribution is -2.27. The second-order valence-electron chi connectivity index (χ2n) is 3.80. The molecule has 3 heteroatoms. The number of carbonyl (C=O) groups is 1. The molecule has 0 aliphatic carbocycles. The molecule has 0 spiro atoms. The molecule has 0 fully saturated rings. The van der Waals surface area contributed by atoms with Gasteiger partial charge in [0.2, 0.25) is 0 Å². The van der Waals surface area contributed by atoms with Crippen molar-refractivity contribution >= 4 is 6.29 Å². The maximum atomic E-state index is 11.1. The number of ether oxygens (including phenoxy) is 1. The van der Waals surface area contributed by atoms with Crippen molar-refractivity contribution < 1.29 is 9.53 Å². The zero-order valence-electron chi connectivity index (χ0n) is 9.19. The smallest absolute Gasteiger partial charge is 0.130 e. The molecule has 82 valence electrons. The van der Waals surface area contributed by atoms with Crippen molar-refractivity contribution in [3.8, 4) is 5.75 Å². The minimum absolute atomic E-state index is 0.485. The highest BCUT2D eigenvalue weighted by Crippen LogP contribution is 2.26. The third-order valence-electron chi connectivity index (χ3n) is 2.67. The second kappa shape index (κ2) is 4.94. The van der Waals surface area contributed by atoms with Gasteiger partial charge in [-0.25, -0.2) is 0 Å². The second-order valence-corrected chi connectivity index (χ2v) is 3.80. The topological polar surface area (TPSA) is 52.3 Å². The molecule has 0 saturated heterocycles. The lowest BCUT2D eigenvalue weighted by Gasteiger charge is -2.22. The van der Waals surface area contributed by atoms with Crippen LogP contribution in [0.1, 0.15) is 18.9 Å². The standard InChI is InChI=1S/C12H17NO2/c1-12(9-14,7-8-13)10-3-5-11(15-2)6-4-10/h3-6,9H,7-8,13H2,1-2H3. The van der Waals surface area contributed by atoms with Crippen LogP contribution in [-0.2, 0) is 10.2 Å². The fraction of sp³-hybridized carbons (Fsp3) is 0.417. The SMILES string of the molecule is COc1ccc(C(C)(C=O)CCN)cc1. The number of rotatable bonds is 5. The van der Waals surface area contributed by atoms with Gasteiger partial charge in [0.1, 0.15) is 12.0 Å². The number of carbonyl (C=O) groups excluding carboxylic acids is 1. The quantitative estimate of drug-likeness (QED) is 0.744. The number of hydrogen-bond acceptors (Lipinski definition) is 3. The van der Waals surface area contributed by atoms with Crippen molar-refractivity contribution in [2.24, 2.45) is 5.73 Å². The molecular weight excluding hydrogens is 190 g/mol. The van der Waals surface area contributed by atoms with E-state index in [1.54, 1.807) is 7.11 Å². The van der Waals surface area contributed by atoms with Crippen molar-refractivity contribution in [3.63, 3.8) is 0 Å². The van der Waals surface area contributed by atoms with Gasteiger partial charge in [-0.2, -0.15) is 0 Å². The van der Waals surface area contributed by atoms with E-state index in [2.05, 4.69) is 0 Å². The van der Waals surface area contributed by atoms with Crippen molar-refractivity contribution in [2.75, 3.05) is 13.7 Å². The molecule has 0 amide bonds. The highest BCUT2D eigenvalue weighted by molar-refractivity contribution is 5.68. The van der Waals surface area contributed by atoms with Crippen molar-refractivity contribution in [1.82, 2.24) is 0 Å². The Kier molecular flexibility index (Phi) is 3.86. The van der Waals surface area contributed by atoms with E-state index >= 15 is 0 Å². The van der Waals surface area contributed by atoms with E-state index in [1.807, 2.05) is 31.2 Å². The Morgan fingerprint density at radius 2 is 2.00 bits per heavy atom. The summed E-state index contributed by atoms with van der Waals surface area (Å²) in [6.07, 6.45) is 1.62. The van der Waals surface area contributed by atoms with Gasteiger partial charge in [0.15, 0.2) is 0 Å². The monoisotopic (exact) mass is 207 g/mol. The molecular formula is C12H17NO2. The summed E-state index contributed by atoms with van der Waals surface area (Å²) in [5.41, 5.74) is 5.99. The first-order valence-electron chi connectivity index (χ1n) is 4.97. The summed E-state index contributed by atoms with van der Waals surface area (Å²) < 4.78 is 5.06. The summed E-state index contributed by atoms with van der Waals surface area (Å²) in [4.78, 5) is 11.1. The predicted octanol–water partition coefficient (Wildman–Crippen LogP) is 1.50. The third-order valence-corrected chi connectivity index (χ3v) is 2.67. The zero-order chi connectivity index (χ0) is 11.3. The summed E-state index contributed by atoms with van der Waals surface area (Å²) >= 11 is 0. The molecule has 1 atom stereocenters. The van der Waals surface area contributed by atoms with Gasteiger partial charge in [0, 0.05) is 5.41 Å². The number of aldehydes is 1. The summed E-state index contributed by atoms with van der Waals surface area (Å²) in [7, 11) is 1.62. The normalized spacial score (nSPS) is 14.3. The zero-order valence-corrected chi connectivity index (χ0v) is 9.19. The van der Waals surface area contributed by atoms with Gasteiger partial charge < -0.3 is 15.3 Å². The van der Waals surface area contributed by atoms with Crippen LogP contribution in [0.25, 0.3) is 0 Å². The average molecular weight is 207 g/mol. The highest BCUT2D eigenvalue weighted by Gasteiger charge is 2.24. The van der Waals surface area contributed by atoms with Crippen LogP contribution >= 0.6 is 0 Å². The molecule has 2 N–H and O–H groups in total. The molecule has 0 aliphatic heterocycles. The van der Waals surface area contributed by atoms with E-state index in [0.29, 0.717) is 13.0 Å². The van der Waals surface area contributed by atoms with E-state index in [1.165, 1.54) is 0 Å². The van der Waals surface area contributed by atoms with Crippen molar-refractivity contribution in [2.45, 2.75) is 18.8 Å². The molecule has 0 aliphatic rings. The largest absolute Gasteiger partial charge is 0.497 e. The van der Waals surface area contributed by atoms with E-state index in [4.69, 9.17) is 10.5 Å². The molecule has 0 heterocycles. The van der Waals surface area contributed by atoms with E-state index in [0.717, 1.165) is 17.6 Å².